The maximum absolute atomic E-state index is 12.8. The van der Waals surface area contributed by atoms with Crippen molar-refractivity contribution in [1.82, 2.24) is 14.8 Å². The first kappa shape index (κ1) is 17.3. The Kier molecular flexibility index (Phi) is 4.85. The molecule has 128 valence electrons. The number of pyridine rings is 1. The smallest absolute Gasteiger partial charge is 0.327 e. The second kappa shape index (κ2) is 6.74. The van der Waals surface area contributed by atoms with Gasteiger partial charge < -0.3 is 10.0 Å². The van der Waals surface area contributed by atoms with Crippen LogP contribution in [0.4, 0.5) is 4.79 Å². The summed E-state index contributed by atoms with van der Waals surface area (Å²) in [6.45, 7) is 2.09. The quantitative estimate of drug-likeness (QED) is 0.884. The topological polar surface area (TPSA) is 73.7 Å². The molecule has 1 aromatic heterocycles. The van der Waals surface area contributed by atoms with Gasteiger partial charge in [0.15, 0.2) is 0 Å². The number of urea groups is 1. The first-order valence-corrected chi connectivity index (χ1v) is 8.89. The predicted molar refractivity (Wildman–Crippen MR) is 93.3 cm³/mol. The Hall–Kier alpha value is -1.57. The van der Waals surface area contributed by atoms with Crippen molar-refractivity contribution in [3.8, 4) is 0 Å². The van der Waals surface area contributed by atoms with Crippen LogP contribution in [0.2, 0.25) is 5.02 Å². The summed E-state index contributed by atoms with van der Waals surface area (Å²) >= 11 is 7.52. The van der Waals surface area contributed by atoms with Crippen LogP contribution in [0.3, 0.4) is 0 Å². The third-order valence-corrected chi connectivity index (χ3v) is 6.13. The molecule has 0 saturated carbocycles. The molecule has 3 amide bonds. The summed E-state index contributed by atoms with van der Waals surface area (Å²) in [6, 6.07) is 1.49. The molecule has 0 aromatic carbocycles. The predicted octanol–water partition coefficient (Wildman–Crippen LogP) is 2.43. The van der Waals surface area contributed by atoms with Crippen molar-refractivity contribution >= 4 is 40.2 Å². The lowest BCUT2D eigenvalue weighted by molar-refractivity contribution is -0.135. The zero-order chi connectivity index (χ0) is 17.4. The summed E-state index contributed by atoms with van der Waals surface area (Å²) in [5.74, 6) is -0.586. The second-order valence-corrected chi connectivity index (χ2v) is 7.41. The van der Waals surface area contributed by atoms with E-state index in [-0.39, 0.29) is 36.4 Å². The number of aromatic nitrogens is 1. The molecule has 1 fully saturated rings. The van der Waals surface area contributed by atoms with Crippen LogP contribution in [0.5, 0.6) is 0 Å². The molecule has 6 nitrogen and oxygen atoms in total. The van der Waals surface area contributed by atoms with Crippen LogP contribution in [0.1, 0.15) is 18.9 Å². The van der Waals surface area contributed by atoms with E-state index in [1.165, 1.54) is 16.7 Å². The van der Waals surface area contributed by atoms with Gasteiger partial charge in [0.25, 0.3) is 0 Å². The second-order valence-electron chi connectivity index (χ2n) is 5.85. The molecule has 0 radical (unpaired) electrons. The summed E-state index contributed by atoms with van der Waals surface area (Å²) in [7, 11) is 1.71. The van der Waals surface area contributed by atoms with Crippen LogP contribution in [0.15, 0.2) is 24.0 Å². The lowest BCUT2D eigenvalue weighted by atomic mass is 9.94. The van der Waals surface area contributed by atoms with Crippen molar-refractivity contribution in [2.75, 3.05) is 20.2 Å². The van der Waals surface area contributed by atoms with Crippen molar-refractivity contribution in [2.45, 2.75) is 18.7 Å². The van der Waals surface area contributed by atoms with Crippen LogP contribution in [-0.4, -0.2) is 57.4 Å². The average molecular weight is 368 g/mol. The highest BCUT2D eigenvalue weighted by Crippen LogP contribution is 2.50. The number of thioether (sulfide) groups is 1. The van der Waals surface area contributed by atoms with Gasteiger partial charge in [-0.25, -0.2) is 4.79 Å². The molecule has 3 heterocycles. The maximum Gasteiger partial charge on any atom is 0.327 e. The maximum atomic E-state index is 12.8. The number of hydrogen-bond donors (Lipinski definition) is 1. The molecule has 3 rings (SSSR count). The van der Waals surface area contributed by atoms with Gasteiger partial charge in [-0.1, -0.05) is 23.4 Å². The Labute approximate surface area is 149 Å². The van der Waals surface area contributed by atoms with Crippen molar-refractivity contribution in [3.63, 3.8) is 0 Å². The minimum absolute atomic E-state index is 0.0577. The molecule has 8 heteroatoms. The van der Waals surface area contributed by atoms with E-state index in [9.17, 15) is 9.59 Å². The highest BCUT2D eigenvalue weighted by atomic mass is 35.5. The van der Waals surface area contributed by atoms with E-state index in [1.54, 1.807) is 24.3 Å². The van der Waals surface area contributed by atoms with Gasteiger partial charge in [-0.05, 0) is 25.0 Å². The lowest BCUT2D eigenvalue weighted by Gasteiger charge is -2.40. The number of carbonyl (C=O) groups excluding carboxylic acids is 2. The molecular formula is C16H18ClN3O3S. The molecule has 24 heavy (non-hydrogen) atoms. The van der Waals surface area contributed by atoms with Crippen molar-refractivity contribution in [3.05, 3.63) is 34.6 Å². The van der Waals surface area contributed by atoms with Gasteiger partial charge >= 0.3 is 6.03 Å². The minimum Gasteiger partial charge on any atom is -0.396 e. The Morgan fingerprint density at radius 1 is 1.38 bits per heavy atom. The Balaban J connectivity index is 1.96. The number of nitrogens with zero attached hydrogens (tertiary/aromatic N) is 3. The van der Waals surface area contributed by atoms with Crippen molar-refractivity contribution in [2.24, 2.45) is 5.92 Å². The van der Waals surface area contributed by atoms with E-state index in [0.29, 0.717) is 11.4 Å². The Morgan fingerprint density at radius 2 is 2.12 bits per heavy atom. The molecule has 0 aliphatic carbocycles. The van der Waals surface area contributed by atoms with E-state index < -0.39 is 0 Å². The summed E-state index contributed by atoms with van der Waals surface area (Å²) in [5.41, 5.74) is 1.78. The van der Waals surface area contributed by atoms with Gasteiger partial charge in [0, 0.05) is 43.1 Å². The first-order valence-electron chi connectivity index (χ1n) is 7.63. The van der Waals surface area contributed by atoms with Gasteiger partial charge in [-0.3, -0.25) is 14.7 Å². The standard InChI is InChI=1S/C16H18ClN3O3S/c1-9-12-14(22)20(4-3-5-21)16(23)19(2)15(12)24-13(9)10-6-11(17)8-18-7-10/h6-8,12,15,21H,3-5H2,1-2H3. The Bertz CT molecular complexity index is 724. The molecule has 2 aliphatic heterocycles. The van der Waals surface area contributed by atoms with Gasteiger partial charge in [-0.2, -0.15) is 0 Å². The number of halogens is 1. The highest BCUT2D eigenvalue weighted by molar-refractivity contribution is 8.09. The van der Waals surface area contributed by atoms with Crippen LogP contribution >= 0.6 is 23.4 Å². The fraction of sp³-hybridized carbons (Fsp3) is 0.438. The molecule has 1 N–H and O–H groups in total. The van der Waals surface area contributed by atoms with Crippen molar-refractivity contribution in [1.29, 1.82) is 0 Å². The molecule has 0 bridgehead atoms. The molecule has 1 aromatic rings. The molecule has 1 saturated heterocycles. The number of hydrogen-bond acceptors (Lipinski definition) is 5. The van der Waals surface area contributed by atoms with Gasteiger partial charge in [0.05, 0.1) is 16.3 Å². The number of aliphatic hydroxyl groups is 1. The van der Waals surface area contributed by atoms with Gasteiger partial charge in [0.1, 0.15) is 0 Å². The van der Waals surface area contributed by atoms with E-state index in [1.807, 2.05) is 13.0 Å². The summed E-state index contributed by atoms with van der Waals surface area (Å²) < 4.78 is 0. The van der Waals surface area contributed by atoms with Crippen LogP contribution in [0.25, 0.3) is 4.91 Å². The SMILES string of the molecule is CC1=C(c2cncc(Cl)c2)SC2C1C(=O)N(CCCO)C(=O)N2C. The third-order valence-electron chi connectivity index (χ3n) is 4.30. The summed E-state index contributed by atoms with van der Waals surface area (Å²) in [6.07, 6.45) is 3.65. The Morgan fingerprint density at radius 3 is 2.79 bits per heavy atom. The number of imide groups is 1. The highest BCUT2D eigenvalue weighted by Gasteiger charge is 2.50. The zero-order valence-electron chi connectivity index (χ0n) is 13.4. The molecule has 2 unspecified atom stereocenters. The largest absolute Gasteiger partial charge is 0.396 e. The number of fused-ring (bicyclic) bond motifs is 1. The first-order chi connectivity index (χ1) is 11.5. The number of amides is 3. The lowest BCUT2D eigenvalue weighted by Crippen LogP contribution is -2.58. The van der Waals surface area contributed by atoms with E-state index >= 15 is 0 Å². The van der Waals surface area contributed by atoms with Crippen LogP contribution in [-0.2, 0) is 4.79 Å². The van der Waals surface area contributed by atoms with Gasteiger partial charge in [-0.15, -0.1) is 0 Å². The van der Waals surface area contributed by atoms with Crippen molar-refractivity contribution < 1.29 is 14.7 Å². The van der Waals surface area contributed by atoms with E-state index in [0.717, 1.165) is 16.0 Å². The monoisotopic (exact) mass is 367 g/mol. The fourth-order valence-corrected chi connectivity index (χ4v) is 4.76. The molecule has 0 spiro atoms. The van der Waals surface area contributed by atoms with Crippen LogP contribution < -0.4 is 0 Å². The normalized spacial score (nSPS) is 24.0. The number of aliphatic hydroxyl groups excluding tert-OH is 1. The minimum atomic E-state index is -0.384. The molecule has 2 aliphatic rings. The zero-order valence-corrected chi connectivity index (χ0v) is 15.0. The number of rotatable bonds is 4. The van der Waals surface area contributed by atoms with Crippen LogP contribution in [0, 0.1) is 5.92 Å². The third kappa shape index (κ3) is 2.81. The summed E-state index contributed by atoms with van der Waals surface area (Å²) in [4.78, 5) is 33.2. The summed E-state index contributed by atoms with van der Waals surface area (Å²) in [5, 5.41) is 9.27. The molecule has 2 atom stereocenters. The average Bonchev–Trinajstić information content (AvgIpc) is 2.90. The number of carbonyl (C=O) groups is 2. The fourth-order valence-electron chi connectivity index (χ4n) is 3.07. The van der Waals surface area contributed by atoms with E-state index in [2.05, 4.69) is 4.98 Å². The van der Waals surface area contributed by atoms with E-state index in [4.69, 9.17) is 16.7 Å². The van der Waals surface area contributed by atoms with Gasteiger partial charge in [0.2, 0.25) is 5.91 Å². The molecular weight excluding hydrogens is 350 g/mol.